The number of aryl methyl sites for hydroxylation is 2. The van der Waals surface area contributed by atoms with Crippen molar-refractivity contribution in [2.75, 3.05) is 24.6 Å². The van der Waals surface area contributed by atoms with Gasteiger partial charge in [0.15, 0.2) is 0 Å². The number of morpholine rings is 1. The second-order valence-corrected chi connectivity index (χ2v) is 8.39. The van der Waals surface area contributed by atoms with Gasteiger partial charge in [0, 0.05) is 12.2 Å². The molecule has 6 nitrogen and oxygen atoms in total. The molecule has 2 aromatic carbocycles. The van der Waals surface area contributed by atoms with E-state index < -0.39 is 16.1 Å². The van der Waals surface area contributed by atoms with E-state index in [0.29, 0.717) is 6.54 Å². The lowest BCUT2D eigenvalue weighted by molar-refractivity contribution is -0.129. The van der Waals surface area contributed by atoms with E-state index in [4.69, 9.17) is 4.74 Å². The van der Waals surface area contributed by atoms with Crippen LogP contribution in [0.4, 0.5) is 5.69 Å². The maximum absolute atomic E-state index is 12.5. The number of nitrogens with zero attached hydrogens (tertiary/aromatic N) is 1. The fraction of sp³-hybridized carbons (Fsp3) is 0.350. The standard InChI is InChI=1S/C20H24N2O4S/c1-3-16-6-10-19(11-7-16)27(24,25)21-12-18-13-22(20(23)14-26-18)17-8-4-15(2)5-9-17/h4-11,18,21H,3,12-14H2,1-2H3. The molecule has 3 rings (SSSR count). The molecule has 1 amide bonds. The van der Waals surface area contributed by atoms with Gasteiger partial charge in [-0.25, -0.2) is 13.1 Å². The van der Waals surface area contributed by atoms with Crippen LogP contribution in [0.3, 0.4) is 0 Å². The lowest BCUT2D eigenvalue weighted by Gasteiger charge is -2.32. The average molecular weight is 388 g/mol. The Morgan fingerprint density at radius 2 is 1.78 bits per heavy atom. The molecule has 1 unspecified atom stereocenters. The van der Waals surface area contributed by atoms with Crippen LogP contribution in [0.5, 0.6) is 0 Å². The molecule has 1 saturated heterocycles. The van der Waals surface area contributed by atoms with Crippen molar-refractivity contribution in [3.05, 3.63) is 59.7 Å². The van der Waals surface area contributed by atoms with E-state index in [1.165, 1.54) is 0 Å². The van der Waals surface area contributed by atoms with Crippen molar-refractivity contribution in [3.63, 3.8) is 0 Å². The molecular formula is C20H24N2O4S. The minimum atomic E-state index is -3.62. The van der Waals surface area contributed by atoms with Crippen LogP contribution in [0.1, 0.15) is 18.1 Å². The molecule has 0 saturated carbocycles. The van der Waals surface area contributed by atoms with Crippen LogP contribution >= 0.6 is 0 Å². The zero-order chi connectivity index (χ0) is 19.4. The zero-order valence-electron chi connectivity index (χ0n) is 15.5. The van der Waals surface area contributed by atoms with Crippen LogP contribution in [0.2, 0.25) is 0 Å². The van der Waals surface area contributed by atoms with E-state index in [1.54, 1.807) is 17.0 Å². The predicted molar refractivity (Wildman–Crippen MR) is 104 cm³/mol. The van der Waals surface area contributed by atoms with Crippen LogP contribution < -0.4 is 9.62 Å². The highest BCUT2D eigenvalue weighted by molar-refractivity contribution is 7.89. The van der Waals surface area contributed by atoms with Crippen LogP contribution in [0.15, 0.2) is 53.4 Å². The third-order valence-electron chi connectivity index (χ3n) is 4.62. The van der Waals surface area contributed by atoms with Crippen molar-refractivity contribution in [1.29, 1.82) is 0 Å². The third-order valence-corrected chi connectivity index (χ3v) is 6.06. The Bertz CT molecular complexity index is 893. The van der Waals surface area contributed by atoms with Crippen molar-refractivity contribution in [2.24, 2.45) is 0 Å². The van der Waals surface area contributed by atoms with Gasteiger partial charge in [-0.3, -0.25) is 4.79 Å². The Morgan fingerprint density at radius 3 is 2.41 bits per heavy atom. The fourth-order valence-corrected chi connectivity index (χ4v) is 3.98. The van der Waals surface area contributed by atoms with Gasteiger partial charge < -0.3 is 9.64 Å². The van der Waals surface area contributed by atoms with Gasteiger partial charge >= 0.3 is 0 Å². The highest BCUT2D eigenvalue weighted by Crippen LogP contribution is 2.19. The van der Waals surface area contributed by atoms with Gasteiger partial charge in [0.1, 0.15) is 6.61 Å². The number of ether oxygens (including phenoxy) is 1. The first-order valence-electron chi connectivity index (χ1n) is 8.96. The molecule has 2 aromatic rings. The summed E-state index contributed by atoms with van der Waals surface area (Å²) in [5.41, 5.74) is 2.98. The highest BCUT2D eigenvalue weighted by atomic mass is 32.2. The van der Waals surface area contributed by atoms with Crippen molar-refractivity contribution in [1.82, 2.24) is 4.72 Å². The number of hydrogen-bond acceptors (Lipinski definition) is 4. The van der Waals surface area contributed by atoms with Crippen LogP contribution in [0, 0.1) is 6.92 Å². The first-order valence-corrected chi connectivity index (χ1v) is 10.4. The molecule has 7 heteroatoms. The van der Waals surface area contributed by atoms with Crippen molar-refractivity contribution < 1.29 is 17.9 Å². The summed E-state index contributed by atoms with van der Waals surface area (Å²) >= 11 is 0. The van der Waals surface area contributed by atoms with Crippen LogP contribution in [-0.4, -0.2) is 40.1 Å². The Balaban J connectivity index is 1.64. The molecule has 1 aliphatic rings. The summed E-state index contributed by atoms with van der Waals surface area (Å²) in [6, 6.07) is 14.5. The summed E-state index contributed by atoms with van der Waals surface area (Å²) in [5, 5.41) is 0. The monoisotopic (exact) mass is 388 g/mol. The maximum atomic E-state index is 12.5. The van der Waals surface area contributed by atoms with Gasteiger partial charge in [-0.15, -0.1) is 0 Å². The van der Waals surface area contributed by atoms with E-state index in [-0.39, 0.29) is 24.0 Å². The van der Waals surface area contributed by atoms with E-state index in [0.717, 1.165) is 23.2 Å². The number of hydrogen-bond donors (Lipinski definition) is 1. The number of anilines is 1. The highest BCUT2D eigenvalue weighted by Gasteiger charge is 2.28. The summed E-state index contributed by atoms with van der Waals surface area (Å²) in [6.45, 7) is 4.34. The van der Waals surface area contributed by atoms with Gasteiger partial charge in [-0.05, 0) is 43.2 Å². The second kappa shape index (κ2) is 8.21. The minimum Gasteiger partial charge on any atom is -0.365 e. The SMILES string of the molecule is CCc1ccc(S(=O)(=O)NCC2CN(c3ccc(C)cc3)C(=O)CO2)cc1. The molecular weight excluding hydrogens is 364 g/mol. The molecule has 1 heterocycles. The number of nitrogens with one attached hydrogen (secondary N) is 1. The molecule has 1 atom stereocenters. The van der Waals surface area contributed by atoms with Gasteiger partial charge in [-0.2, -0.15) is 0 Å². The summed E-state index contributed by atoms with van der Waals surface area (Å²) < 4.78 is 33.1. The molecule has 27 heavy (non-hydrogen) atoms. The zero-order valence-corrected chi connectivity index (χ0v) is 16.3. The average Bonchev–Trinajstić information content (AvgIpc) is 2.68. The first kappa shape index (κ1) is 19.5. The number of sulfonamides is 1. The third kappa shape index (κ3) is 4.74. The Morgan fingerprint density at radius 1 is 1.11 bits per heavy atom. The number of benzene rings is 2. The quantitative estimate of drug-likeness (QED) is 0.824. The van der Waals surface area contributed by atoms with Gasteiger partial charge in [-0.1, -0.05) is 36.8 Å². The molecule has 1 aliphatic heterocycles. The predicted octanol–water partition coefficient (Wildman–Crippen LogP) is 2.27. The Labute approximate surface area is 160 Å². The Kier molecular flexibility index (Phi) is 5.94. The number of carbonyl (C=O) groups excluding carboxylic acids is 1. The largest absolute Gasteiger partial charge is 0.365 e. The van der Waals surface area contributed by atoms with Gasteiger partial charge in [0.2, 0.25) is 10.0 Å². The van der Waals surface area contributed by atoms with Gasteiger partial charge in [0.05, 0.1) is 17.5 Å². The topological polar surface area (TPSA) is 75.7 Å². The summed E-state index contributed by atoms with van der Waals surface area (Å²) in [4.78, 5) is 14.0. The first-order chi connectivity index (χ1) is 12.9. The maximum Gasteiger partial charge on any atom is 0.253 e. The van der Waals surface area contributed by atoms with Crippen molar-refractivity contribution in [2.45, 2.75) is 31.3 Å². The summed E-state index contributed by atoms with van der Waals surface area (Å²) in [5.74, 6) is -0.131. The minimum absolute atomic E-state index is 0.0640. The lowest BCUT2D eigenvalue weighted by atomic mass is 10.2. The summed E-state index contributed by atoms with van der Waals surface area (Å²) in [7, 11) is -3.62. The van der Waals surface area contributed by atoms with Crippen LogP contribution in [0.25, 0.3) is 0 Å². The van der Waals surface area contributed by atoms with E-state index in [1.807, 2.05) is 50.2 Å². The normalized spacial score (nSPS) is 17.9. The number of amides is 1. The van der Waals surface area contributed by atoms with Gasteiger partial charge in [0.25, 0.3) is 5.91 Å². The van der Waals surface area contributed by atoms with Crippen molar-refractivity contribution in [3.8, 4) is 0 Å². The summed E-state index contributed by atoms with van der Waals surface area (Å²) in [6.07, 6.45) is 0.445. The molecule has 0 aliphatic carbocycles. The molecule has 0 spiro atoms. The molecule has 1 N–H and O–H groups in total. The van der Waals surface area contributed by atoms with E-state index in [2.05, 4.69) is 4.72 Å². The molecule has 144 valence electrons. The second-order valence-electron chi connectivity index (χ2n) is 6.62. The molecule has 0 radical (unpaired) electrons. The van der Waals surface area contributed by atoms with E-state index >= 15 is 0 Å². The van der Waals surface area contributed by atoms with Crippen LogP contribution in [-0.2, 0) is 26.0 Å². The smallest absolute Gasteiger partial charge is 0.253 e. The Hall–Kier alpha value is -2.22. The lowest BCUT2D eigenvalue weighted by Crippen LogP contribution is -2.50. The molecule has 0 bridgehead atoms. The van der Waals surface area contributed by atoms with E-state index in [9.17, 15) is 13.2 Å². The number of rotatable bonds is 6. The molecule has 1 fully saturated rings. The molecule has 0 aromatic heterocycles. The number of carbonyl (C=O) groups is 1. The fourth-order valence-electron chi connectivity index (χ4n) is 2.91. The van der Waals surface area contributed by atoms with Crippen molar-refractivity contribution >= 4 is 21.6 Å².